The van der Waals surface area contributed by atoms with Crippen molar-refractivity contribution in [1.29, 1.82) is 0 Å². The number of hydrogen-bond acceptors (Lipinski definition) is 4. The van der Waals surface area contributed by atoms with E-state index in [1.807, 2.05) is 15.5 Å². The van der Waals surface area contributed by atoms with Gasteiger partial charge >= 0.3 is 0 Å². The van der Waals surface area contributed by atoms with Crippen molar-refractivity contribution >= 4 is 5.91 Å². The number of nitrogens with zero attached hydrogens (tertiary/aromatic N) is 3. The van der Waals surface area contributed by atoms with E-state index in [0.717, 1.165) is 29.8 Å². The molecule has 2 bridgehead atoms. The molecular weight excluding hydrogens is 318 g/mol. The average Bonchev–Trinajstić information content (AvgIpc) is 2.62. The van der Waals surface area contributed by atoms with E-state index < -0.39 is 0 Å². The molecule has 2 aliphatic rings. The van der Waals surface area contributed by atoms with Gasteiger partial charge in [0.05, 0.1) is 7.11 Å². The number of amides is 1. The van der Waals surface area contributed by atoms with E-state index >= 15 is 0 Å². The smallest absolute Gasteiger partial charge is 0.251 e. The van der Waals surface area contributed by atoms with Gasteiger partial charge in [-0.25, -0.2) is 4.98 Å². The number of carbonyl (C=O) groups is 1. The SMILES string of the molecule is COc1ccc(-c2cc3n(c(=O)c2)C[C@H]2C[C@@H]3CN(C(C)=O)C2)cn1. The van der Waals surface area contributed by atoms with Gasteiger partial charge in [-0.1, -0.05) is 0 Å². The number of pyridine rings is 2. The summed E-state index contributed by atoms with van der Waals surface area (Å²) in [5.41, 5.74) is 2.81. The molecule has 1 amide bonds. The van der Waals surface area contributed by atoms with Crippen LogP contribution in [0.5, 0.6) is 5.88 Å². The van der Waals surface area contributed by atoms with Crippen LogP contribution in [0.2, 0.25) is 0 Å². The predicted octanol–water partition coefficient (Wildman–Crippen LogP) is 1.88. The van der Waals surface area contributed by atoms with Crippen LogP contribution in [0.25, 0.3) is 11.1 Å². The van der Waals surface area contributed by atoms with Crippen LogP contribution in [0, 0.1) is 5.92 Å². The lowest BCUT2D eigenvalue weighted by molar-refractivity contribution is -0.131. The Morgan fingerprint density at radius 1 is 1.20 bits per heavy atom. The topological polar surface area (TPSA) is 64.4 Å². The van der Waals surface area contributed by atoms with Gasteiger partial charge in [0.1, 0.15) is 0 Å². The third-order valence-corrected chi connectivity index (χ3v) is 5.28. The van der Waals surface area contributed by atoms with Crippen LogP contribution >= 0.6 is 0 Å². The van der Waals surface area contributed by atoms with E-state index in [4.69, 9.17) is 4.74 Å². The molecule has 0 aliphatic carbocycles. The molecule has 25 heavy (non-hydrogen) atoms. The number of hydrogen-bond donors (Lipinski definition) is 0. The molecule has 130 valence electrons. The second-order valence-electron chi connectivity index (χ2n) is 6.93. The van der Waals surface area contributed by atoms with E-state index in [2.05, 4.69) is 11.1 Å². The van der Waals surface area contributed by atoms with Crippen molar-refractivity contribution in [3.63, 3.8) is 0 Å². The van der Waals surface area contributed by atoms with Crippen LogP contribution in [-0.4, -0.2) is 40.6 Å². The lowest BCUT2D eigenvalue weighted by atomic mass is 9.82. The zero-order chi connectivity index (χ0) is 17.6. The van der Waals surface area contributed by atoms with Gasteiger partial charge in [0.2, 0.25) is 11.8 Å². The predicted molar refractivity (Wildman–Crippen MR) is 93.6 cm³/mol. The van der Waals surface area contributed by atoms with Gasteiger partial charge in [0.25, 0.3) is 5.56 Å². The summed E-state index contributed by atoms with van der Waals surface area (Å²) in [6.45, 7) is 3.75. The molecule has 1 saturated heterocycles. The Morgan fingerprint density at radius 3 is 2.72 bits per heavy atom. The van der Waals surface area contributed by atoms with Crippen molar-refractivity contribution in [2.45, 2.75) is 25.8 Å². The molecule has 1 fully saturated rings. The Kier molecular flexibility index (Phi) is 3.82. The maximum Gasteiger partial charge on any atom is 0.251 e. The molecule has 2 aliphatic heterocycles. The molecule has 2 atom stereocenters. The quantitative estimate of drug-likeness (QED) is 0.838. The van der Waals surface area contributed by atoms with Crippen LogP contribution in [0.3, 0.4) is 0 Å². The minimum atomic E-state index is 0.0225. The molecule has 6 heteroatoms. The molecule has 0 spiro atoms. The second-order valence-corrected chi connectivity index (χ2v) is 6.93. The van der Waals surface area contributed by atoms with E-state index in [1.165, 1.54) is 0 Å². The molecule has 0 N–H and O–H groups in total. The summed E-state index contributed by atoms with van der Waals surface area (Å²) in [5, 5.41) is 0. The Bertz CT molecular complexity index is 872. The number of fused-ring (bicyclic) bond motifs is 4. The van der Waals surface area contributed by atoms with Crippen molar-refractivity contribution in [2.24, 2.45) is 5.92 Å². The number of aromatic nitrogens is 2. The first-order valence-electron chi connectivity index (χ1n) is 8.56. The summed E-state index contributed by atoms with van der Waals surface area (Å²) in [7, 11) is 1.58. The highest BCUT2D eigenvalue weighted by atomic mass is 16.5. The largest absolute Gasteiger partial charge is 0.481 e. The molecule has 4 rings (SSSR count). The fourth-order valence-electron chi connectivity index (χ4n) is 4.05. The summed E-state index contributed by atoms with van der Waals surface area (Å²) < 4.78 is 6.98. The van der Waals surface area contributed by atoms with Crippen LogP contribution in [-0.2, 0) is 11.3 Å². The summed E-state index contributed by atoms with van der Waals surface area (Å²) in [5.74, 6) is 1.24. The van der Waals surface area contributed by atoms with Crippen molar-refractivity contribution < 1.29 is 9.53 Å². The van der Waals surface area contributed by atoms with Gasteiger partial charge in [-0.3, -0.25) is 9.59 Å². The monoisotopic (exact) mass is 339 g/mol. The second kappa shape index (κ2) is 6.02. The number of ether oxygens (including phenoxy) is 1. The number of carbonyl (C=O) groups excluding carboxylic acids is 1. The lowest BCUT2D eigenvalue weighted by Crippen LogP contribution is -2.48. The summed E-state index contributed by atoms with van der Waals surface area (Å²) in [6.07, 6.45) is 2.76. The normalized spacial score (nSPS) is 21.6. The van der Waals surface area contributed by atoms with Gasteiger partial charge in [-0.2, -0.15) is 0 Å². The molecular formula is C19H21N3O3. The van der Waals surface area contributed by atoms with Crippen LogP contribution < -0.4 is 10.3 Å². The molecule has 0 saturated carbocycles. The fraction of sp³-hybridized carbons (Fsp3) is 0.421. The standard InChI is InChI=1S/C19H21N3O3/c1-12(23)21-9-13-5-16(11-21)17-6-15(7-19(24)22(17)10-13)14-3-4-18(25-2)20-8-14/h3-4,6-8,13,16H,5,9-11H2,1-2H3/t13-,16+/m0/s1. The molecule has 0 unspecified atom stereocenters. The summed E-state index contributed by atoms with van der Waals surface area (Å²) in [4.78, 5) is 30.6. The first kappa shape index (κ1) is 15.9. The first-order valence-corrected chi connectivity index (χ1v) is 8.56. The van der Waals surface area contributed by atoms with Crippen LogP contribution in [0.4, 0.5) is 0 Å². The fourth-order valence-corrected chi connectivity index (χ4v) is 4.05. The maximum absolute atomic E-state index is 12.7. The van der Waals surface area contributed by atoms with Gasteiger partial charge < -0.3 is 14.2 Å². The van der Waals surface area contributed by atoms with E-state index in [9.17, 15) is 9.59 Å². The molecule has 2 aromatic rings. The highest BCUT2D eigenvalue weighted by molar-refractivity contribution is 5.73. The van der Waals surface area contributed by atoms with Gasteiger partial charge in [0, 0.05) is 62.1 Å². The number of rotatable bonds is 2. The number of piperidine rings is 1. The first-order chi connectivity index (χ1) is 12.0. The summed E-state index contributed by atoms with van der Waals surface area (Å²) in [6, 6.07) is 7.46. The van der Waals surface area contributed by atoms with Gasteiger partial charge in [0.15, 0.2) is 0 Å². The van der Waals surface area contributed by atoms with Crippen LogP contribution in [0.1, 0.15) is 25.0 Å². The van der Waals surface area contributed by atoms with Crippen molar-refractivity contribution in [2.75, 3.05) is 20.2 Å². The molecule has 2 aromatic heterocycles. The van der Waals surface area contributed by atoms with Crippen molar-refractivity contribution in [1.82, 2.24) is 14.5 Å². The Morgan fingerprint density at radius 2 is 2.04 bits per heavy atom. The summed E-state index contributed by atoms with van der Waals surface area (Å²) >= 11 is 0. The zero-order valence-corrected chi connectivity index (χ0v) is 14.4. The van der Waals surface area contributed by atoms with E-state index in [1.54, 1.807) is 32.4 Å². The maximum atomic E-state index is 12.7. The third-order valence-electron chi connectivity index (χ3n) is 5.28. The van der Waals surface area contributed by atoms with Gasteiger partial charge in [-0.15, -0.1) is 0 Å². The minimum Gasteiger partial charge on any atom is -0.481 e. The Balaban J connectivity index is 1.74. The molecule has 6 nitrogen and oxygen atoms in total. The number of methoxy groups -OCH3 is 1. The molecule has 4 heterocycles. The lowest BCUT2D eigenvalue weighted by Gasteiger charge is -2.42. The molecule has 0 aromatic carbocycles. The molecule has 0 radical (unpaired) electrons. The zero-order valence-electron chi connectivity index (χ0n) is 14.4. The average molecular weight is 339 g/mol. The highest BCUT2D eigenvalue weighted by Crippen LogP contribution is 2.36. The minimum absolute atomic E-state index is 0.0225. The highest BCUT2D eigenvalue weighted by Gasteiger charge is 2.35. The van der Waals surface area contributed by atoms with Crippen molar-refractivity contribution in [3.05, 3.63) is 46.5 Å². The van der Waals surface area contributed by atoms with Crippen LogP contribution in [0.15, 0.2) is 35.3 Å². The van der Waals surface area contributed by atoms with Gasteiger partial charge in [-0.05, 0) is 30.0 Å². The van der Waals surface area contributed by atoms with Crippen molar-refractivity contribution in [3.8, 4) is 17.0 Å². The van der Waals surface area contributed by atoms with E-state index in [-0.39, 0.29) is 17.4 Å². The van der Waals surface area contributed by atoms with E-state index in [0.29, 0.717) is 24.9 Å². The Hall–Kier alpha value is -2.63. The third kappa shape index (κ3) is 2.81. The number of likely N-dealkylation sites (tertiary alicyclic amines) is 1. The Labute approximate surface area is 146 Å².